The Kier molecular flexibility index (Phi) is 6.66. The summed E-state index contributed by atoms with van der Waals surface area (Å²) in [5.74, 6) is 0.932. The first-order valence-electron chi connectivity index (χ1n) is 8.65. The maximum Gasteiger partial charge on any atom is 0.157 e. The van der Waals surface area contributed by atoms with Crippen molar-refractivity contribution in [2.45, 2.75) is 76.7 Å². The van der Waals surface area contributed by atoms with Crippen LogP contribution in [0.25, 0.3) is 0 Å². The van der Waals surface area contributed by atoms with Gasteiger partial charge >= 0.3 is 0 Å². The molecule has 4 unspecified atom stereocenters. The number of methoxy groups -OCH3 is 1. The Bertz CT molecular complexity index is 323. The standard InChI is InChI=1S/C18H30F2O/c1-3-4-5-6-13-7-9-14(10-8-13)15-11-12-16(21-2)18(20)17(15)19/h5-6,13-18H,3-4,7-12H2,1-2H3/b6-5+. The van der Waals surface area contributed by atoms with Crippen LogP contribution in [0.5, 0.6) is 0 Å². The van der Waals surface area contributed by atoms with Gasteiger partial charge in [-0.1, -0.05) is 25.5 Å². The number of ether oxygens (including phenoxy) is 1. The third kappa shape index (κ3) is 4.28. The lowest BCUT2D eigenvalue weighted by Crippen LogP contribution is -2.45. The highest BCUT2D eigenvalue weighted by atomic mass is 19.2. The lowest BCUT2D eigenvalue weighted by molar-refractivity contribution is -0.0714. The molecule has 0 bridgehead atoms. The van der Waals surface area contributed by atoms with Gasteiger partial charge in [0.15, 0.2) is 6.17 Å². The highest BCUT2D eigenvalue weighted by Crippen LogP contribution is 2.42. The van der Waals surface area contributed by atoms with Crippen LogP contribution in [0, 0.1) is 17.8 Å². The Hall–Kier alpha value is -0.440. The van der Waals surface area contributed by atoms with Crippen LogP contribution in [0.4, 0.5) is 8.78 Å². The third-order valence-electron chi connectivity index (χ3n) is 5.44. The van der Waals surface area contributed by atoms with E-state index in [9.17, 15) is 8.78 Å². The number of alkyl halides is 2. The van der Waals surface area contributed by atoms with E-state index in [1.165, 1.54) is 13.5 Å². The summed E-state index contributed by atoms with van der Waals surface area (Å²) in [6.45, 7) is 2.19. The van der Waals surface area contributed by atoms with Crippen molar-refractivity contribution in [1.29, 1.82) is 0 Å². The zero-order chi connectivity index (χ0) is 15.2. The molecule has 1 nitrogen and oxygen atoms in total. The molecule has 2 aliphatic carbocycles. The lowest BCUT2D eigenvalue weighted by atomic mass is 9.69. The van der Waals surface area contributed by atoms with E-state index in [2.05, 4.69) is 19.1 Å². The fourth-order valence-electron chi connectivity index (χ4n) is 4.08. The first-order valence-corrected chi connectivity index (χ1v) is 8.65. The average Bonchev–Trinajstić information content (AvgIpc) is 2.51. The van der Waals surface area contributed by atoms with Crippen LogP contribution >= 0.6 is 0 Å². The van der Waals surface area contributed by atoms with Crippen molar-refractivity contribution < 1.29 is 13.5 Å². The van der Waals surface area contributed by atoms with E-state index in [4.69, 9.17) is 4.74 Å². The van der Waals surface area contributed by atoms with Crippen LogP contribution in [-0.4, -0.2) is 25.6 Å². The smallest absolute Gasteiger partial charge is 0.157 e. The largest absolute Gasteiger partial charge is 0.378 e. The van der Waals surface area contributed by atoms with Gasteiger partial charge in [-0.15, -0.1) is 0 Å². The quantitative estimate of drug-likeness (QED) is 0.630. The van der Waals surface area contributed by atoms with Crippen LogP contribution in [0.15, 0.2) is 12.2 Å². The first-order chi connectivity index (χ1) is 10.2. The topological polar surface area (TPSA) is 9.23 Å². The summed E-state index contributed by atoms with van der Waals surface area (Å²) in [6, 6.07) is 0. The normalized spacial score (nSPS) is 41.5. The number of hydrogen-bond acceptors (Lipinski definition) is 1. The molecule has 21 heavy (non-hydrogen) atoms. The second-order valence-electron chi connectivity index (χ2n) is 6.80. The van der Waals surface area contributed by atoms with E-state index in [-0.39, 0.29) is 5.92 Å². The molecular weight excluding hydrogens is 270 g/mol. The summed E-state index contributed by atoms with van der Waals surface area (Å²) in [5, 5.41) is 0. The highest BCUT2D eigenvalue weighted by Gasteiger charge is 2.44. The summed E-state index contributed by atoms with van der Waals surface area (Å²) in [5.41, 5.74) is 0. The maximum absolute atomic E-state index is 14.3. The minimum Gasteiger partial charge on any atom is -0.378 e. The average molecular weight is 300 g/mol. The molecule has 0 aromatic carbocycles. The van der Waals surface area contributed by atoms with Crippen molar-refractivity contribution in [3.63, 3.8) is 0 Å². The molecule has 0 radical (unpaired) electrons. The van der Waals surface area contributed by atoms with Gasteiger partial charge in [0.2, 0.25) is 0 Å². The van der Waals surface area contributed by atoms with E-state index in [1.54, 1.807) is 0 Å². The van der Waals surface area contributed by atoms with E-state index < -0.39 is 18.4 Å². The van der Waals surface area contributed by atoms with E-state index in [0.29, 0.717) is 18.3 Å². The molecule has 3 heteroatoms. The second-order valence-corrected chi connectivity index (χ2v) is 6.80. The van der Waals surface area contributed by atoms with Gasteiger partial charge in [0.25, 0.3) is 0 Å². The number of unbranched alkanes of at least 4 members (excludes halogenated alkanes) is 1. The molecule has 0 amide bonds. The summed E-state index contributed by atoms with van der Waals surface area (Å²) in [6.07, 6.45) is 9.48. The van der Waals surface area contributed by atoms with Crippen LogP contribution in [-0.2, 0) is 4.74 Å². The Morgan fingerprint density at radius 2 is 1.71 bits per heavy atom. The number of hydrogen-bond donors (Lipinski definition) is 0. The van der Waals surface area contributed by atoms with Gasteiger partial charge in [0.1, 0.15) is 6.17 Å². The van der Waals surface area contributed by atoms with Gasteiger partial charge in [-0.3, -0.25) is 0 Å². The molecular formula is C18H30F2O. The SMILES string of the molecule is CCC/C=C/C1CCC(C2CCC(OC)C(F)C2F)CC1. The molecule has 122 valence electrons. The van der Waals surface area contributed by atoms with E-state index >= 15 is 0 Å². The van der Waals surface area contributed by atoms with Crippen LogP contribution in [0.1, 0.15) is 58.3 Å². The maximum atomic E-state index is 14.3. The zero-order valence-electron chi connectivity index (χ0n) is 13.4. The summed E-state index contributed by atoms with van der Waals surface area (Å²) in [4.78, 5) is 0. The van der Waals surface area contributed by atoms with Crippen LogP contribution in [0.3, 0.4) is 0 Å². The predicted molar refractivity (Wildman–Crippen MR) is 82.8 cm³/mol. The van der Waals surface area contributed by atoms with Crippen LogP contribution < -0.4 is 0 Å². The Balaban J connectivity index is 1.82. The molecule has 2 saturated carbocycles. The first kappa shape index (κ1) is 16.9. The molecule has 2 aliphatic rings. The fraction of sp³-hybridized carbons (Fsp3) is 0.889. The Morgan fingerprint density at radius 3 is 2.33 bits per heavy atom. The van der Waals surface area contributed by atoms with Crippen molar-refractivity contribution in [3.8, 4) is 0 Å². The molecule has 0 heterocycles. The van der Waals surface area contributed by atoms with Crippen molar-refractivity contribution in [1.82, 2.24) is 0 Å². The van der Waals surface area contributed by atoms with Crippen molar-refractivity contribution in [2.24, 2.45) is 17.8 Å². The van der Waals surface area contributed by atoms with Gasteiger partial charge in [-0.25, -0.2) is 8.78 Å². The molecule has 0 saturated heterocycles. The van der Waals surface area contributed by atoms with Crippen molar-refractivity contribution >= 4 is 0 Å². The minimum atomic E-state index is -1.43. The molecule has 0 aromatic rings. The highest BCUT2D eigenvalue weighted by molar-refractivity contribution is 4.96. The van der Waals surface area contributed by atoms with Gasteiger partial charge in [-0.2, -0.15) is 0 Å². The van der Waals surface area contributed by atoms with E-state index in [1.807, 2.05) is 0 Å². The van der Waals surface area contributed by atoms with Crippen molar-refractivity contribution in [2.75, 3.05) is 7.11 Å². The van der Waals surface area contributed by atoms with E-state index in [0.717, 1.165) is 38.5 Å². The fourth-order valence-corrected chi connectivity index (χ4v) is 4.08. The van der Waals surface area contributed by atoms with Gasteiger partial charge in [0, 0.05) is 7.11 Å². The number of allylic oxidation sites excluding steroid dienone is 2. The number of rotatable bonds is 5. The van der Waals surface area contributed by atoms with Gasteiger partial charge < -0.3 is 4.74 Å². The second kappa shape index (κ2) is 8.26. The summed E-state index contributed by atoms with van der Waals surface area (Å²) >= 11 is 0. The third-order valence-corrected chi connectivity index (χ3v) is 5.44. The molecule has 2 rings (SSSR count). The lowest BCUT2D eigenvalue weighted by Gasteiger charge is -2.40. The van der Waals surface area contributed by atoms with Crippen molar-refractivity contribution in [3.05, 3.63) is 12.2 Å². The van der Waals surface area contributed by atoms with Gasteiger partial charge in [-0.05, 0) is 62.7 Å². The molecule has 0 aliphatic heterocycles. The molecule has 0 N–H and O–H groups in total. The Morgan fingerprint density at radius 1 is 1.00 bits per heavy atom. The van der Waals surface area contributed by atoms with Crippen LogP contribution in [0.2, 0.25) is 0 Å². The summed E-state index contributed by atoms with van der Waals surface area (Å²) < 4.78 is 33.4. The zero-order valence-corrected chi connectivity index (χ0v) is 13.4. The minimum absolute atomic E-state index is 0.0908. The predicted octanol–water partition coefficient (Wildman–Crippen LogP) is 5.25. The van der Waals surface area contributed by atoms with Gasteiger partial charge in [0.05, 0.1) is 6.10 Å². The number of halogens is 2. The molecule has 4 atom stereocenters. The molecule has 0 aromatic heterocycles. The molecule has 2 fully saturated rings. The molecule has 0 spiro atoms. The Labute approximate surface area is 128 Å². The summed E-state index contributed by atoms with van der Waals surface area (Å²) in [7, 11) is 1.48. The monoisotopic (exact) mass is 300 g/mol.